The lowest BCUT2D eigenvalue weighted by Gasteiger charge is -2.44. The van der Waals surface area contributed by atoms with E-state index >= 15 is 8.78 Å². The molecule has 10 nitrogen and oxygen atoms in total. The van der Waals surface area contributed by atoms with Gasteiger partial charge >= 0.3 is 5.69 Å². The first kappa shape index (κ1) is 30.4. The maximum absolute atomic E-state index is 16.4. The second-order valence-corrected chi connectivity index (χ2v) is 12.7. The third-order valence-corrected chi connectivity index (χ3v) is 9.14. The van der Waals surface area contributed by atoms with E-state index in [-0.39, 0.29) is 53.2 Å². The fourth-order valence-corrected chi connectivity index (χ4v) is 6.87. The molecule has 1 fully saturated rings. The van der Waals surface area contributed by atoms with E-state index in [0.717, 1.165) is 11.1 Å². The van der Waals surface area contributed by atoms with E-state index in [4.69, 9.17) is 4.98 Å². The molecule has 7 rings (SSSR count). The number of carbonyl (C=O) groups excluding carboxylic acids is 1. The number of carbonyl (C=O) groups is 1. The predicted molar refractivity (Wildman–Crippen MR) is 175 cm³/mol. The highest BCUT2D eigenvalue weighted by Crippen LogP contribution is 2.36. The third kappa shape index (κ3) is 5.08. The first-order chi connectivity index (χ1) is 22.5. The number of rotatable bonds is 3. The number of hydrogen-bond donors (Lipinski definition) is 0. The van der Waals surface area contributed by atoms with Gasteiger partial charge in [0.2, 0.25) is 5.91 Å². The maximum atomic E-state index is 16.4. The van der Waals surface area contributed by atoms with Crippen LogP contribution < -0.4 is 10.6 Å². The van der Waals surface area contributed by atoms with E-state index in [9.17, 15) is 9.59 Å². The molecule has 47 heavy (non-hydrogen) atoms. The molecular weight excluding hydrogens is 602 g/mol. The zero-order valence-corrected chi connectivity index (χ0v) is 26.6. The van der Waals surface area contributed by atoms with Crippen molar-refractivity contribution in [2.24, 2.45) is 0 Å². The van der Waals surface area contributed by atoms with Crippen LogP contribution >= 0.6 is 0 Å². The van der Waals surface area contributed by atoms with Crippen LogP contribution in [-0.2, 0) is 17.8 Å². The van der Waals surface area contributed by atoms with Crippen molar-refractivity contribution < 1.29 is 13.6 Å². The highest BCUT2D eigenvalue weighted by atomic mass is 19.1. The number of nitrogens with zero attached hydrogens (tertiary/aromatic N) is 8. The Balaban J connectivity index is 1.57. The van der Waals surface area contributed by atoms with Gasteiger partial charge in [-0.15, -0.1) is 5.10 Å². The number of benzene rings is 2. The van der Waals surface area contributed by atoms with Crippen LogP contribution in [0.25, 0.3) is 28.0 Å². The van der Waals surface area contributed by atoms with Crippen molar-refractivity contribution in [3.63, 3.8) is 0 Å². The molecule has 2 aromatic carbocycles. The average molecular weight is 637 g/mol. The Bertz CT molecular complexity index is 2140. The van der Waals surface area contributed by atoms with Crippen LogP contribution in [0, 0.1) is 11.6 Å². The first-order valence-corrected chi connectivity index (χ1v) is 15.7. The Labute approximate surface area is 270 Å². The monoisotopic (exact) mass is 636 g/mol. The van der Waals surface area contributed by atoms with Crippen LogP contribution in [0.4, 0.5) is 14.6 Å². The number of anilines is 1. The molecule has 4 bridgehead atoms. The van der Waals surface area contributed by atoms with Crippen LogP contribution in [0.5, 0.6) is 0 Å². The Morgan fingerprint density at radius 3 is 2.55 bits per heavy atom. The molecule has 1 saturated heterocycles. The first-order valence-electron chi connectivity index (χ1n) is 15.7. The van der Waals surface area contributed by atoms with E-state index in [1.807, 2.05) is 50.8 Å². The quantitative estimate of drug-likeness (QED) is 0.252. The highest BCUT2D eigenvalue weighted by Gasteiger charge is 2.34. The SMILES string of the molecule is C=CC(=O)N1C[C@H](C)N(c2nc(=O)n3c4nc(c(F)cc24)-c2c(F)cccc2Cn2cc(nn2)Cc2cccc(C(C)C)c2-3)C[C@H]1C. The largest absolute Gasteiger partial charge is 0.355 e. The van der Waals surface area contributed by atoms with E-state index in [1.165, 1.54) is 22.8 Å². The van der Waals surface area contributed by atoms with Gasteiger partial charge < -0.3 is 9.80 Å². The van der Waals surface area contributed by atoms with Crippen molar-refractivity contribution >= 4 is 22.8 Å². The minimum Gasteiger partial charge on any atom is -0.349 e. The molecule has 2 aliphatic rings. The molecule has 0 spiro atoms. The molecule has 0 unspecified atom stereocenters. The molecule has 240 valence electrons. The zero-order valence-electron chi connectivity index (χ0n) is 26.6. The molecule has 0 radical (unpaired) electrons. The molecule has 2 atom stereocenters. The number of aromatic nitrogens is 6. The second-order valence-electron chi connectivity index (χ2n) is 12.7. The normalized spacial score (nSPS) is 17.6. The molecule has 5 heterocycles. The van der Waals surface area contributed by atoms with Gasteiger partial charge in [-0.2, -0.15) is 4.98 Å². The zero-order chi connectivity index (χ0) is 33.1. The Morgan fingerprint density at radius 1 is 1.02 bits per heavy atom. The van der Waals surface area contributed by atoms with Gasteiger partial charge in [0.1, 0.15) is 23.1 Å². The molecule has 12 heteroatoms. The number of pyridine rings is 1. The van der Waals surface area contributed by atoms with E-state index < -0.39 is 17.3 Å². The smallest absolute Gasteiger partial charge is 0.349 e. The molecular formula is C35H34F2N8O2. The number of hydrogen-bond acceptors (Lipinski definition) is 7. The predicted octanol–water partition coefficient (Wildman–Crippen LogP) is 5.00. The van der Waals surface area contributed by atoms with Crippen molar-refractivity contribution in [3.8, 4) is 16.9 Å². The van der Waals surface area contributed by atoms with Crippen molar-refractivity contribution in [2.45, 2.75) is 58.7 Å². The fraction of sp³-hybridized carbons (Fsp3) is 0.314. The van der Waals surface area contributed by atoms with Gasteiger partial charge in [0, 0.05) is 43.4 Å². The summed E-state index contributed by atoms with van der Waals surface area (Å²) in [6, 6.07) is 11.1. The topological polar surface area (TPSA) is 102 Å². The number of fused-ring (bicyclic) bond motifs is 7. The van der Waals surface area contributed by atoms with Crippen molar-refractivity contribution in [1.82, 2.24) is 34.4 Å². The van der Waals surface area contributed by atoms with E-state index in [1.54, 1.807) is 27.9 Å². The molecule has 3 aromatic heterocycles. The van der Waals surface area contributed by atoms with Gasteiger partial charge in [-0.1, -0.05) is 56.0 Å². The van der Waals surface area contributed by atoms with E-state index in [2.05, 4.69) is 21.9 Å². The lowest BCUT2D eigenvalue weighted by Crippen LogP contribution is -2.58. The molecule has 0 saturated carbocycles. The van der Waals surface area contributed by atoms with Gasteiger partial charge in [-0.05, 0) is 54.7 Å². The van der Waals surface area contributed by atoms with Crippen molar-refractivity contribution in [2.75, 3.05) is 18.0 Å². The molecule has 5 aromatic rings. The number of halogens is 2. The summed E-state index contributed by atoms with van der Waals surface area (Å²) < 4.78 is 35.2. The van der Waals surface area contributed by atoms with Crippen LogP contribution in [-0.4, -0.2) is 65.5 Å². The van der Waals surface area contributed by atoms with Crippen LogP contribution in [0.3, 0.4) is 0 Å². The Morgan fingerprint density at radius 2 is 1.79 bits per heavy atom. The highest BCUT2D eigenvalue weighted by molar-refractivity contribution is 5.91. The number of amides is 1. The Kier molecular flexibility index (Phi) is 7.45. The van der Waals surface area contributed by atoms with Crippen molar-refractivity contribution in [3.05, 3.63) is 106 Å². The summed E-state index contributed by atoms with van der Waals surface area (Å²) in [6.07, 6.45) is 3.41. The summed E-state index contributed by atoms with van der Waals surface area (Å²) in [5.74, 6) is -1.35. The van der Waals surface area contributed by atoms with Gasteiger partial charge in [0.25, 0.3) is 0 Å². The summed E-state index contributed by atoms with van der Waals surface area (Å²) in [7, 11) is 0. The molecule has 0 aliphatic carbocycles. The number of piperazine rings is 1. The fourth-order valence-electron chi connectivity index (χ4n) is 6.87. The summed E-state index contributed by atoms with van der Waals surface area (Å²) in [5, 5.41) is 8.94. The molecule has 0 N–H and O–H groups in total. The van der Waals surface area contributed by atoms with Gasteiger partial charge in [-0.25, -0.2) is 27.8 Å². The van der Waals surface area contributed by atoms with Gasteiger partial charge in [-0.3, -0.25) is 4.79 Å². The molecule has 2 aliphatic heterocycles. The number of para-hydroxylation sites is 1. The lowest BCUT2D eigenvalue weighted by molar-refractivity contribution is -0.128. The van der Waals surface area contributed by atoms with Gasteiger partial charge in [0.15, 0.2) is 5.65 Å². The lowest BCUT2D eigenvalue weighted by atomic mass is 9.95. The Hall–Kier alpha value is -5.26. The average Bonchev–Trinajstić information content (AvgIpc) is 3.48. The summed E-state index contributed by atoms with van der Waals surface area (Å²) >= 11 is 0. The van der Waals surface area contributed by atoms with Gasteiger partial charge in [0.05, 0.1) is 23.3 Å². The second kappa shape index (κ2) is 11.5. The summed E-state index contributed by atoms with van der Waals surface area (Å²) in [6.45, 7) is 12.3. The van der Waals surface area contributed by atoms with Crippen LogP contribution in [0.15, 0.2) is 66.1 Å². The minimum absolute atomic E-state index is 0.00706. The maximum Gasteiger partial charge on any atom is 0.355 e. The molecule has 1 amide bonds. The minimum atomic E-state index is -0.759. The standard InChI is InChI=1S/C35H34F2N8O2/c1-6-29(46)43-15-21(5)44(16-20(43)4)33-26-14-28(37)31-30-23(10-8-12-27(30)36)17-42-18-24(40-41-42)13-22-9-7-11-25(19(2)3)32(22)45(34(26)38-31)35(47)39-33/h6-12,14,18-21H,1,13,15-17H2,2-5H3/t20-,21+/m1/s1. The van der Waals surface area contributed by atoms with Crippen molar-refractivity contribution in [1.29, 1.82) is 0 Å². The third-order valence-electron chi connectivity index (χ3n) is 9.14. The summed E-state index contributed by atoms with van der Waals surface area (Å²) in [4.78, 5) is 40.0. The van der Waals surface area contributed by atoms with Crippen LogP contribution in [0.2, 0.25) is 0 Å². The van der Waals surface area contributed by atoms with E-state index in [0.29, 0.717) is 41.8 Å². The summed E-state index contributed by atoms with van der Waals surface area (Å²) in [5.41, 5.74) is 2.65. The van der Waals surface area contributed by atoms with Crippen LogP contribution in [0.1, 0.15) is 56.0 Å².